The molecular formula is C27H21BrN2O7. The third kappa shape index (κ3) is 5.70. The first-order chi connectivity index (χ1) is 17.8. The molecule has 3 aromatic carbocycles. The number of barbiturate groups is 1. The summed E-state index contributed by atoms with van der Waals surface area (Å²) in [6.07, 6.45) is 1.34. The highest BCUT2D eigenvalue weighted by atomic mass is 79.9. The number of benzene rings is 3. The summed E-state index contributed by atoms with van der Waals surface area (Å²) in [5, 5.41) is 2.18. The first kappa shape index (κ1) is 25.6. The van der Waals surface area contributed by atoms with Crippen molar-refractivity contribution in [3.63, 3.8) is 0 Å². The van der Waals surface area contributed by atoms with Gasteiger partial charge in [0.25, 0.3) is 11.8 Å². The summed E-state index contributed by atoms with van der Waals surface area (Å²) in [5.74, 6) is -1.23. The summed E-state index contributed by atoms with van der Waals surface area (Å²) in [4.78, 5) is 51.5. The van der Waals surface area contributed by atoms with E-state index in [1.807, 2.05) is 0 Å². The van der Waals surface area contributed by atoms with E-state index in [9.17, 15) is 19.2 Å². The van der Waals surface area contributed by atoms with Gasteiger partial charge < -0.3 is 14.2 Å². The SMILES string of the molecule is CCOc1cc(/C=C2\C(=O)NC(=O)N(c3ccc(OC)cc3)C2=O)ccc1OC(=O)c1ccc(Br)cc1. The van der Waals surface area contributed by atoms with Crippen molar-refractivity contribution >= 4 is 51.5 Å². The van der Waals surface area contributed by atoms with Gasteiger partial charge in [-0.1, -0.05) is 22.0 Å². The van der Waals surface area contributed by atoms with Gasteiger partial charge in [-0.3, -0.25) is 14.9 Å². The zero-order chi connectivity index (χ0) is 26.5. The first-order valence-corrected chi connectivity index (χ1v) is 11.9. The maximum absolute atomic E-state index is 13.2. The van der Waals surface area contributed by atoms with Crippen molar-refractivity contribution in [3.05, 3.63) is 87.9 Å². The second-order valence-corrected chi connectivity index (χ2v) is 8.61. The van der Waals surface area contributed by atoms with E-state index in [1.54, 1.807) is 49.4 Å². The number of nitrogens with zero attached hydrogens (tertiary/aromatic N) is 1. The van der Waals surface area contributed by atoms with Crippen molar-refractivity contribution in [1.29, 1.82) is 0 Å². The maximum atomic E-state index is 13.2. The Morgan fingerprint density at radius 1 is 0.973 bits per heavy atom. The van der Waals surface area contributed by atoms with Crippen LogP contribution in [0.25, 0.3) is 6.08 Å². The molecule has 9 nitrogen and oxygen atoms in total. The van der Waals surface area contributed by atoms with Crippen LogP contribution in [0.2, 0.25) is 0 Å². The van der Waals surface area contributed by atoms with Crippen LogP contribution in [0.15, 0.2) is 76.8 Å². The lowest BCUT2D eigenvalue weighted by molar-refractivity contribution is -0.122. The normalized spacial score (nSPS) is 14.4. The van der Waals surface area contributed by atoms with Crippen LogP contribution in [0.5, 0.6) is 17.2 Å². The molecule has 0 spiro atoms. The van der Waals surface area contributed by atoms with Gasteiger partial charge in [-0.25, -0.2) is 14.5 Å². The lowest BCUT2D eigenvalue weighted by Gasteiger charge is -2.26. The number of halogens is 1. The molecule has 37 heavy (non-hydrogen) atoms. The number of imide groups is 2. The number of nitrogens with one attached hydrogen (secondary N) is 1. The molecule has 3 aromatic rings. The molecule has 4 amide bonds. The third-order valence-electron chi connectivity index (χ3n) is 5.29. The fourth-order valence-corrected chi connectivity index (χ4v) is 3.77. The molecule has 0 unspecified atom stereocenters. The number of esters is 1. The van der Waals surface area contributed by atoms with Crippen LogP contribution in [-0.2, 0) is 9.59 Å². The average Bonchev–Trinajstić information content (AvgIpc) is 2.88. The molecule has 1 aliphatic rings. The highest BCUT2D eigenvalue weighted by Crippen LogP contribution is 2.31. The summed E-state index contributed by atoms with van der Waals surface area (Å²) in [5.41, 5.74) is 0.795. The molecule has 1 saturated heterocycles. The molecule has 0 aliphatic carbocycles. The predicted octanol–water partition coefficient (Wildman–Crippen LogP) is 4.74. The summed E-state index contributed by atoms with van der Waals surface area (Å²) < 4.78 is 17.1. The van der Waals surface area contributed by atoms with Crippen LogP contribution in [-0.4, -0.2) is 37.5 Å². The largest absolute Gasteiger partial charge is 0.497 e. The molecule has 0 saturated carbocycles. The van der Waals surface area contributed by atoms with Crippen LogP contribution >= 0.6 is 15.9 Å². The molecule has 1 heterocycles. The molecule has 1 aliphatic heterocycles. The fourth-order valence-electron chi connectivity index (χ4n) is 3.50. The summed E-state index contributed by atoms with van der Waals surface area (Å²) in [7, 11) is 1.50. The minimum Gasteiger partial charge on any atom is -0.497 e. The molecule has 188 valence electrons. The first-order valence-electron chi connectivity index (χ1n) is 11.1. The number of methoxy groups -OCH3 is 1. The molecule has 1 fully saturated rings. The van der Waals surface area contributed by atoms with E-state index < -0.39 is 23.8 Å². The topological polar surface area (TPSA) is 111 Å². The lowest BCUT2D eigenvalue weighted by Crippen LogP contribution is -2.54. The van der Waals surface area contributed by atoms with Crippen molar-refractivity contribution in [2.75, 3.05) is 18.6 Å². The second-order valence-electron chi connectivity index (χ2n) is 7.69. The maximum Gasteiger partial charge on any atom is 0.343 e. The number of amides is 4. The van der Waals surface area contributed by atoms with Gasteiger partial charge in [-0.15, -0.1) is 0 Å². The zero-order valence-electron chi connectivity index (χ0n) is 19.8. The van der Waals surface area contributed by atoms with E-state index in [0.29, 0.717) is 16.9 Å². The van der Waals surface area contributed by atoms with Gasteiger partial charge in [0.1, 0.15) is 11.3 Å². The van der Waals surface area contributed by atoms with Gasteiger partial charge in [-0.2, -0.15) is 0 Å². The van der Waals surface area contributed by atoms with Gasteiger partial charge in [0.15, 0.2) is 11.5 Å². The standard InChI is InChI=1S/C27H21BrN2O7/c1-3-36-23-15-16(4-13-22(23)37-26(33)17-5-7-18(28)8-6-17)14-21-24(31)29-27(34)30(25(21)32)19-9-11-20(35-2)12-10-19/h4-15H,3H2,1-2H3,(H,29,31,34)/b21-14+. The minimum absolute atomic E-state index is 0.173. The van der Waals surface area contributed by atoms with E-state index >= 15 is 0 Å². The van der Waals surface area contributed by atoms with Gasteiger partial charge in [-0.05, 0) is 79.2 Å². The Labute approximate surface area is 220 Å². The van der Waals surface area contributed by atoms with Crippen molar-refractivity contribution in [3.8, 4) is 17.2 Å². The number of hydrogen-bond donors (Lipinski definition) is 1. The molecule has 0 radical (unpaired) electrons. The fraction of sp³-hybridized carbons (Fsp3) is 0.111. The summed E-state index contributed by atoms with van der Waals surface area (Å²) >= 11 is 3.32. The Morgan fingerprint density at radius 3 is 2.32 bits per heavy atom. The average molecular weight is 565 g/mol. The van der Waals surface area contributed by atoms with E-state index in [2.05, 4.69) is 21.2 Å². The predicted molar refractivity (Wildman–Crippen MR) is 139 cm³/mol. The molecule has 1 N–H and O–H groups in total. The highest BCUT2D eigenvalue weighted by Gasteiger charge is 2.36. The van der Waals surface area contributed by atoms with Crippen molar-refractivity contribution in [2.45, 2.75) is 6.92 Å². The quantitative estimate of drug-likeness (QED) is 0.191. The minimum atomic E-state index is -0.859. The van der Waals surface area contributed by atoms with Gasteiger partial charge in [0.2, 0.25) is 0 Å². The van der Waals surface area contributed by atoms with E-state index in [0.717, 1.165) is 9.37 Å². The van der Waals surface area contributed by atoms with Crippen molar-refractivity contribution in [1.82, 2.24) is 5.32 Å². The Bertz CT molecular complexity index is 1400. The molecule has 0 atom stereocenters. The van der Waals surface area contributed by atoms with Crippen LogP contribution in [0.1, 0.15) is 22.8 Å². The Balaban J connectivity index is 1.62. The van der Waals surface area contributed by atoms with Crippen LogP contribution in [0.4, 0.5) is 10.5 Å². The van der Waals surface area contributed by atoms with Crippen molar-refractivity contribution < 1.29 is 33.4 Å². The van der Waals surface area contributed by atoms with Gasteiger partial charge in [0, 0.05) is 4.47 Å². The Hall–Kier alpha value is -4.44. The molecular weight excluding hydrogens is 544 g/mol. The van der Waals surface area contributed by atoms with E-state index in [4.69, 9.17) is 14.2 Å². The lowest BCUT2D eigenvalue weighted by atomic mass is 10.1. The zero-order valence-corrected chi connectivity index (χ0v) is 21.4. The third-order valence-corrected chi connectivity index (χ3v) is 5.82. The molecule has 0 bridgehead atoms. The number of ether oxygens (including phenoxy) is 3. The number of rotatable bonds is 7. The summed E-state index contributed by atoms with van der Waals surface area (Å²) in [6.45, 7) is 2.05. The van der Waals surface area contributed by atoms with Gasteiger partial charge >= 0.3 is 12.0 Å². The van der Waals surface area contributed by atoms with E-state index in [-0.39, 0.29) is 29.4 Å². The van der Waals surface area contributed by atoms with Gasteiger partial charge in [0.05, 0.1) is 25.0 Å². The number of urea groups is 1. The number of carbonyl (C=O) groups is 4. The second kappa shape index (κ2) is 11.1. The van der Waals surface area contributed by atoms with Crippen LogP contribution in [0.3, 0.4) is 0 Å². The number of hydrogen-bond acceptors (Lipinski definition) is 7. The highest BCUT2D eigenvalue weighted by molar-refractivity contribution is 9.10. The molecule has 4 rings (SSSR count). The summed E-state index contributed by atoms with van der Waals surface area (Å²) in [6, 6.07) is 16.7. The Morgan fingerprint density at radius 2 is 1.68 bits per heavy atom. The van der Waals surface area contributed by atoms with E-state index in [1.165, 1.54) is 37.5 Å². The Kier molecular flexibility index (Phi) is 7.69. The smallest absolute Gasteiger partial charge is 0.343 e. The van der Waals surface area contributed by atoms with Crippen LogP contribution in [0, 0.1) is 0 Å². The van der Waals surface area contributed by atoms with Crippen LogP contribution < -0.4 is 24.4 Å². The number of anilines is 1. The molecule has 0 aromatic heterocycles. The molecule has 10 heteroatoms. The van der Waals surface area contributed by atoms with Crippen molar-refractivity contribution in [2.24, 2.45) is 0 Å². The number of carbonyl (C=O) groups excluding carboxylic acids is 4. The monoisotopic (exact) mass is 564 g/mol.